The number of carbonyl (C=O) groups is 1. The van der Waals surface area contributed by atoms with Crippen LogP contribution < -0.4 is 19.7 Å². The maximum atomic E-state index is 13.9. The van der Waals surface area contributed by atoms with E-state index in [2.05, 4.69) is 10.2 Å². The number of hydrogen-bond acceptors (Lipinski definition) is 5. The molecule has 2 aliphatic rings. The minimum absolute atomic E-state index is 0.0400. The molecule has 2 heterocycles. The molecule has 1 unspecified atom stereocenters. The summed E-state index contributed by atoms with van der Waals surface area (Å²) in [4.78, 5) is 16.4. The van der Waals surface area contributed by atoms with Gasteiger partial charge in [-0.2, -0.15) is 0 Å². The Balaban J connectivity index is 1.20. The maximum Gasteiger partial charge on any atom is 0.234 e. The summed E-state index contributed by atoms with van der Waals surface area (Å²) in [6.07, 6.45) is -0.197. The Kier molecular flexibility index (Phi) is 5.62. The molecule has 0 aromatic heterocycles. The number of nitrogens with zero attached hydrogens (tertiary/aromatic N) is 2. The van der Waals surface area contributed by atoms with Crippen LogP contribution in [0.5, 0.6) is 11.5 Å². The van der Waals surface area contributed by atoms with Crippen LogP contribution in [0.2, 0.25) is 0 Å². The zero-order valence-corrected chi connectivity index (χ0v) is 15.6. The van der Waals surface area contributed by atoms with Crippen LogP contribution in [0, 0.1) is 5.82 Å². The Morgan fingerprint density at radius 2 is 1.75 bits per heavy atom. The predicted molar refractivity (Wildman–Crippen MR) is 104 cm³/mol. The van der Waals surface area contributed by atoms with Gasteiger partial charge in [-0.3, -0.25) is 9.69 Å². The van der Waals surface area contributed by atoms with Crippen molar-refractivity contribution >= 4 is 11.6 Å². The van der Waals surface area contributed by atoms with E-state index >= 15 is 0 Å². The van der Waals surface area contributed by atoms with Crippen molar-refractivity contribution in [3.05, 3.63) is 54.3 Å². The Morgan fingerprint density at radius 1 is 1.04 bits per heavy atom. The minimum atomic E-state index is -0.204. The van der Waals surface area contributed by atoms with E-state index in [-0.39, 0.29) is 17.8 Å². The van der Waals surface area contributed by atoms with E-state index in [4.69, 9.17) is 9.47 Å². The van der Waals surface area contributed by atoms with E-state index in [1.54, 1.807) is 12.1 Å². The number of rotatable bonds is 5. The highest BCUT2D eigenvalue weighted by Gasteiger charge is 2.23. The van der Waals surface area contributed by atoms with Gasteiger partial charge in [-0.25, -0.2) is 4.39 Å². The number of hydrogen-bond donors (Lipinski definition) is 1. The Morgan fingerprint density at radius 3 is 2.54 bits per heavy atom. The van der Waals surface area contributed by atoms with Crippen molar-refractivity contribution in [2.75, 3.05) is 50.8 Å². The van der Waals surface area contributed by atoms with Crippen LogP contribution in [-0.4, -0.2) is 62.8 Å². The third-order valence-electron chi connectivity index (χ3n) is 5.03. The van der Waals surface area contributed by atoms with E-state index in [9.17, 15) is 9.18 Å². The van der Waals surface area contributed by atoms with Crippen LogP contribution >= 0.6 is 0 Å². The van der Waals surface area contributed by atoms with E-state index in [1.807, 2.05) is 35.2 Å². The Hall–Kier alpha value is -2.80. The van der Waals surface area contributed by atoms with Gasteiger partial charge in [-0.1, -0.05) is 24.3 Å². The summed E-state index contributed by atoms with van der Waals surface area (Å²) in [5, 5.41) is 2.92. The quantitative estimate of drug-likeness (QED) is 0.852. The molecule has 1 amide bonds. The van der Waals surface area contributed by atoms with Crippen molar-refractivity contribution in [2.24, 2.45) is 0 Å². The number of amides is 1. The van der Waals surface area contributed by atoms with E-state index < -0.39 is 0 Å². The molecule has 1 atom stereocenters. The van der Waals surface area contributed by atoms with Crippen LogP contribution in [0.25, 0.3) is 0 Å². The molecule has 28 heavy (non-hydrogen) atoms. The average Bonchev–Trinajstić information content (AvgIpc) is 2.73. The number of nitrogens with one attached hydrogen (secondary N) is 1. The summed E-state index contributed by atoms with van der Waals surface area (Å²) in [6, 6.07) is 14.3. The molecule has 1 fully saturated rings. The summed E-state index contributed by atoms with van der Waals surface area (Å²) in [5.41, 5.74) is 0.626. The average molecular weight is 385 g/mol. The first-order chi connectivity index (χ1) is 13.7. The molecule has 1 saturated heterocycles. The number of fused-ring (bicyclic) bond motifs is 1. The minimum Gasteiger partial charge on any atom is -0.486 e. The van der Waals surface area contributed by atoms with Crippen molar-refractivity contribution < 1.29 is 18.7 Å². The predicted octanol–water partition coefficient (Wildman–Crippen LogP) is 1.90. The van der Waals surface area contributed by atoms with E-state index in [0.717, 1.165) is 18.8 Å². The van der Waals surface area contributed by atoms with Gasteiger partial charge in [0.1, 0.15) is 18.5 Å². The molecule has 0 spiro atoms. The topological polar surface area (TPSA) is 54.0 Å². The Bertz CT molecular complexity index is 824. The number of para-hydroxylation sites is 3. The normalized spacial score (nSPS) is 19.3. The fourth-order valence-electron chi connectivity index (χ4n) is 3.51. The number of benzene rings is 2. The van der Waals surface area contributed by atoms with Gasteiger partial charge >= 0.3 is 0 Å². The van der Waals surface area contributed by atoms with Gasteiger partial charge in [-0.05, 0) is 24.3 Å². The number of anilines is 1. The molecular weight excluding hydrogens is 361 g/mol. The van der Waals surface area contributed by atoms with Crippen molar-refractivity contribution in [1.82, 2.24) is 10.2 Å². The fourth-order valence-corrected chi connectivity index (χ4v) is 3.51. The number of ether oxygens (including phenoxy) is 2. The lowest BCUT2D eigenvalue weighted by atomic mass is 10.2. The van der Waals surface area contributed by atoms with Gasteiger partial charge < -0.3 is 19.7 Å². The molecule has 1 N–H and O–H groups in total. The fraction of sp³-hybridized carbons (Fsp3) is 0.381. The first kappa shape index (κ1) is 18.6. The lowest BCUT2D eigenvalue weighted by Gasteiger charge is -2.36. The second kappa shape index (κ2) is 8.48. The van der Waals surface area contributed by atoms with Crippen molar-refractivity contribution in [1.29, 1.82) is 0 Å². The van der Waals surface area contributed by atoms with E-state index in [1.165, 1.54) is 6.07 Å². The number of halogens is 1. The Labute approximate surface area is 163 Å². The van der Waals surface area contributed by atoms with Crippen LogP contribution in [-0.2, 0) is 4.79 Å². The van der Waals surface area contributed by atoms with Gasteiger partial charge in [0.05, 0.1) is 18.8 Å². The lowest BCUT2D eigenvalue weighted by molar-refractivity contribution is -0.122. The van der Waals surface area contributed by atoms with Crippen LogP contribution in [0.15, 0.2) is 48.5 Å². The van der Waals surface area contributed by atoms with Crippen LogP contribution in [0.3, 0.4) is 0 Å². The summed E-state index contributed by atoms with van der Waals surface area (Å²) >= 11 is 0. The molecule has 0 saturated carbocycles. The molecule has 7 heteroatoms. The molecule has 148 valence electrons. The van der Waals surface area contributed by atoms with Gasteiger partial charge in [0.15, 0.2) is 11.5 Å². The summed E-state index contributed by atoms with van der Waals surface area (Å²) in [7, 11) is 0. The highest BCUT2D eigenvalue weighted by atomic mass is 19.1. The molecular formula is C21H24FN3O3. The van der Waals surface area contributed by atoms with Crippen LogP contribution in [0.1, 0.15) is 0 Å². The van der Waals surface area contributed by atoms with Crippen molar-refractivity contribution in [3.8, 4) is 11.5 Å². The monoisotopic (exact) mass is 385 g/mol. The third kappa shape index (κ3) is 4.36. The zero-order chi connectivity index (χ0) is 19.3. The first-order valence-corrected chi connectivity index (χ1v) is 9.56. The van der Waals surface area contributed by atoms with Gasteiger partial charge in [0.2, 0.25) is 5.91 Å². The highest BCUT2D eigenvalue weighted by molar-refractivity contribution is 5.78. The van der Waals surface area contributed by atoms with Gasteiger partial charge in [0, 0.05) is 26.2 Å². The first-order valence-electron chi connectivity index (χ1n) is 9.56. The number of carbonyl (C=O) groups excluding carboxylic acids is 1. The molecule has 0 aliphatic carbocycles. The number of piperazine rings is 1. The molecule has 6 nitrogen and oxygen atoms in total. The SMILES string of the molecule is O=C(CN1CCN(c2ccccc2F)CC1)NCC1COc2ccccc2O1. The molecule has 4 rings (SSSR count). The third-order valence-corrected chi connectivity index (χ3v) is 5.03. The largest absolute Gasteiger partial charge is 0.486 e. The molecule has 0 radical (unpaired) electrons. The highest BCUT2D eigenvalue weighted by Crippen LogP contribution is 2.30. The second-order valence-corrected chi connectivity index (χ2v) is 7.02. The van der Waals surface area contributed by atoms with Crippen molar-refractivity contribution in [3.63, 3.8) is 0 Å². The van der Waals surface area contributed by atoms with Crippen LogP contribution in [0.4, 0.5) is 10.1 Å². The second-order valence-electron chi connectivity index (χ2n) is 7.02. The molecule has 0 bridgehead atoms. The van der Waals surface area contributed by atoms with Crippen molar-refractivity contribution in [2.45, 2.75) is 6.10 Å². The summed E-state index contributed by atoms with van der Waals surface area (Å²) in [5.74, 6) is 1.20. The van der Waals surface area contributed by atoms with Gasteiger partial charge in [-0.15, -0.1) is 0 Å². The summed E-state index contributed by atoms with van der Waals surface area (Å²) in [6.45, 7) is 3.99. The molecule has 2 aromatic rings. The lowest BCUT2D eigenvalue weighted by Crippen LogP contribution is -2.50. The standard InChI is InChI=1S/C21H24FN3O3/c22-17-5-1-2-6-18(17)25-11-9-24(10-12-25)14-21(26)23-13-16-15-27-19-7-3-4-8-20(19)28-16/h1-8,16H,9-15H2,(H,23,26). The smallest absolute Gasteiger partial charge is 0.234 e. The maximum absolute atomic E-state index is 13.9. The molecule has 2 aliphatic heterocycles. The van der Waals surface area contributed by atoms with E-state index in [0.29, 0.717) is 44.2 Å². The summed E-state index contributed by atoms with van der Waals surface area (Å²) < 4.78 is 25.4. The zero-order valence-electron chi connectivity index (χ0n) is 15.6. The van der Waals surface area contributed by atoms with Gasteiger partial charge in [0.25, 0.3) is 0 Å². The molecule has 2 aromatic carbocycles.